The van der Waals surface area contributed by atoms with Gasteiger partial charge in [-0.25, -0.2) is 15.0 Å². The molecule has 1 aromatic heterocycles. The molecular weight excluding hydrogens is 543 g/mol. The number of nitrogens with zero attached hydrogens (tertiary/aromatic N) is 3. The Morgan fingerprint density at radius 2 is 0.581 bits per heavy atom. The van der Waals surface area contributed by atoms with Gasteiger partial charge in [0.1, 0.15) is 0 Å². The highest BCUT2D eigenvalue weighted by molar-refractivity contribution is 8.34. The van der Waals surface area contributed by atoms with Crippen molar-refractivity contribution in [3.8, 4) is 34.2 Å². The summed E-state index contributed by atoms with van der Waals surface area (Å²) in [7, 11) is -1.84. The van der Waals surface area contributed by atoms with Gasteiger partial charge >= 0.3 is 0 Å². The zero-order chi connectivity index (χ0) is 28.9. The average molecular weight is 572 g/mol. The first kappa shape index (κ1) is 26.6. The Bertz CT molecular complexity index is 1790. The number of benzene rings is 6. The van der Waals surface area contributed by atoms with Crippen LogP contribution in [-0.2, 0) is 0 Å². The quantitative estimate of drug-likeness (QED) is 0.191. The Hall–Kier alpha value is -5.32. The normalized spacial score (nSPS) is 11.6. The maximum atomic E-state index is 5.03. The van der Waals surface area contributed by atoms with Gasteiger partial charge in [0.15, 0.2) is 17.5 Å². The highest BCUT2D eigenvalue weighted by Crippen LogP contribution is 2.73. The van der Waals surface area contributed by atoms with E-state index < -0.39 is 10.0 Å². The summed E-state index contributed by atoms with van der Waals surface area (Å²) in [5, 5.41) is 0. The molecule has 0 N–H and O–H groups in total. The molecule has 3 nitrogen and oxygen atoms in total. The van der Waals surface area contributed by atoms with Crippen molar-refractivity contribution in [2.24, 2.45) is 0 Å². The van der Waals surface area contributed by atoms with E-state index in [2.05, 4.69) is 115 Å². The maximum absolute atomic E-state index is 5.03. The number of hydrogen-bond acceptors (Lipinski definition) is 3. The molecule has 0 spiro atoms. The van der Waals surface area contributed by atoms with E-state index in [1.54, 1.807) is 0 Å². The van der Waals surface area contributed by atoms with Crippen LogP contribution in [0.4, 0.5) is 0 Å². The summed E-state index contributed by atoms with van der Waals surface area (Å²) >= 11 is 0. The molecule has 0 aliphatic heterocycles. The fourth-order valence-electron chi connectivity index (χ4n) is 5.45. The Morgan fingerprint density at radius 1 is 0.279 bits per heavy atom. The zero-order valence-electron chi connectivity index (χ0n) is 23.5. The molecule has 0 fully saturated rings. The lowest BCUT2D eigenvalue weighted by Gasteiger charge is -2.42. The minimum Gasteiger partial charge on any atom is -0.208 e. The number of rotatable bonds is 7. The second-order valence-electron chi connectivity index (χ2n) is 10.1. The average Bonchev–Trinajstić information content (AvgIpc) is 3.11. The summed E-state index contributed by atoms with van der Waals surface area (Å²) in [5.41, 5.74) is 2.86. The van der Waals surface area contributed by atoms with Gasteiger partial charge in [0, 0.05) is 36.3 Å². The van der Waals surface area contributed by atoms with E-state index in [0.29, 0.717) is 17.5 Å². The lowest BCUT2D eigenvalue weighted by atomic mass is 10.1. The highest BCUT2D eigenvalue weighted by Gasteiger charge is 2.33. The van der Waals surface area contributed by atoms with E-state index in [-0.39, 0.29) is 0 Å². The standard InChI is InChI=1S/C39H29N3S/c1-6-17-30(18-7-1)37-40-38(31-19-8-2-9-20-31)42-39(41-37)32-21-16-28-36(29-32)43(33-22-10-3-11-23-33,34-24-12-4-13-25-34)35-26-14-5-15-27-35/h1-29H. The van der Waals surface area contributed by atoms with Crippen LogP contribution in [0.1, 0.15) is 0 Å². The molecular formula is C39H29N3S. The van der Waals surface area contributed by atoms with Crippen molar-refractivity contribution in [1.82, 2.24) is 15.0 Å². The SMILES string of the molecule is c1ccc(-c2nc(-c3ccccc3)nc(-c3cccc(S(c4ccccc4)(c4ccccc4)c4ccccc4)c3)n2)cc1. The number of hydrogen-bond donors (Lipinski definition) is 0. The Morgan fingerprint density at radius 3 is 0.977 bits per heavy atom. The van der Waals surface area contributed by atoms with E-state index >= 15 is 0 Å². The molecule has 4 heteroatoms. The molecule has 0 saturated heterocycles. The summed E-state index contributed by atoms with van der Waals surface area (Å²) in [6.07, 6.45) is 0. The maximum Gasteiger partial charge on any atom is 0.164 e. The van der Waals surface area contributed by atoms with Gasteiger partial charge in [0.05, 0.1) is 0 Å². The first-order valence-electron chi connectivity index (χ1n) is 14.3. The molecule has 6 aromatic carbocycles. The molecule has 0 aliphatic carbocycles. The van der Waals surface area contributed by atoms with Gasteiger partial charge in [0.25, 0.3) is 0 Å². The third-order valence-corrected chi connectivity index (χ3v) is 11.3. The van der Waals surface area contributed by atoms with E-state index in [9.17, 15) is 0 Å². The third-order valence-electron chi connectivity index (χ3n) is 7.44. The third kappa shape index (κ3) is 5.14. The van der Waals surface area contributed by atoms with Crippen molar-refractivity contribution >= 4 is 10.0 Å². The van der Waals surface area contributed by atoms with Crippen LogP contribution in [0.15, 0.2) is 196 Å². The fraction of sp³-hybridized carbons (Fsp3) is 0. The number of aromatic nitrogens is 3. The van der Waals surface area contributed by atoms with Gasteiger partial charge in [-0.05, 0) is 48.5 Å². The topological polar surface area (TPSA) is 38.7 Å². The minimum atomic E-state index is -1.84. The van der Waals surface area contributed by atoms with Crippen molar-refractivity contribution in [1.29, 1.82) is 0 Å². The van der Waals surface area contributed by atoms with Crippen LogP contribution in [0.5, 0.6) is 0 Å². The molecule has 0 aliphatic rings. The van der Waals surface area contributed by atoms with E-state index in [1.165, 1.54) is 19.6 Å². The van der Waals surface area contributed by atoms with Crippen molar-refractivity contribution in [2.75, 3.05) is 0 Å². The molecule has 1 heterocycles. The van der Waals surface area contributed by atoms with Crippen LogP contribution < -0.4 is 0 Å². The molecule has 0 atom stereocenters. The summed E-state index contributed by atoms with van der Waals surface area (Å²) < 4.78 is 0. The van der Waals surface area contributed by atoms with E-state index in [0.717, 1.165) is 16.7 Å². The monoisotopic (exact) mass is 571 g/mol. The Labute approximate surface area is 253 Å². The lowest BCUT2D eigenvalue weighted by molar-refractivity contribution is 1.07. The molecule has 7 aromatic rings. The zero-order valence-corrected chi connectivity index (χ0v) is 24.3. The van der Waals surface area contributed by atoms with Gasteiger partial charge in [-0.2, -0.15) is 0 Å². The first-order valence-corrected chi connectivity index (χ1v) is 15.9. The van der Waals surface area contributed by atoms with Crippen LogP contribution in [0.25, 0.3) is 34.2 Å². The second kappa shape index (κ2) is 11.9. The van der Waals surface area contributed by atoms with Gasteiger partial charge in [-0.3, -0.25) is 0 Å². The Balaban J connectivity index is 1.48. The molecule has 206 valence electrons. The van der Waals surface area contributed by atoms with Gasteiger partial charge in [-0.1, -0.05) is 127 Å². The molecule has 43 heavy (non-hydrogen) atoms. The van der Waals surface area contributed by atoms with Gasteiger partial charge in [-0.15, -0.1) is 10.0 Å². The van der Waals surface area contributed by atoms with Gasteiger partial charge < -0.3 is 0 Å². The Kier molecular flexibility index (Phi) is 7.34. The summed E-state index contributed by atoms with van der Waals surface area (Å²) in [6.45, 7) is 0. The van der Waals surface area contributed by atoms with Crippen molar-refractivity contribution in [3.63, 3.8) is 0 Å². The van der Waals surface area contributed by atoms with Crippen LogP contribution in [0, 0.1) is 0 Å². The van der Waals surface area contributed by atoms with Crippen LogP contribution in [-0.4, -0.2) is 15.0 Å². The predicted molar refractivity (Wildman–Crippen MR) is 176 cm³/mol. The molecule has 0 saturated carbocycles. The van der Waals surface area contributed by atoms with E-state index in [1.807, 2.05) is 60.7 Å². The summed E-state index contributed by atoms with van der Waals surface area (Å²) in [6, 6.07) is 61.6. The van der Waals surface area contributed by atoms with Crippen molar-refractivity contribution in [3.05, 3.63) is 176 Å². The highest BCUT2D eigenvalue weighted by atomic mass is 32.3. The van der Waals surface area contributed by atoms with Crippen LogP contribution >= 0.6 is 10.0 Å². The smallest absolute Gasteiger partial charge is 0.164 e. The molecule has 0 radical (unpaired) electrons. The fourth-order valence-corrected chi connectivity index (χ4v) is 9.37. The lowest BCUT2D eigenvalue weighted by Crippen LogP contribution is -2.06. The minimum absolute atomic E-state index is 0.650. The second-order valence-corrected chi connectivity index (χ2v) is 13.2. The van der Waals surface area contributed by atoms with E-state index in [4.69, 9.17) is 15.0 Å². The van der Waals surface area contributed by atoms with Crippen molar-refractivity contribution < 1.29 is 0 Å². The predicted octanol–water partition coefficient (Wildman–Crippen LogP) is 10.2. The molecule has 0 unspecified atom stereocenters. The van der Waals surface area contributed by atoms with Crippen LogP contribution in [0.3, 0.4) is 0 Å². The van der Waals surface area contributed by atoms with Gasteiger partial charge in [0.2, 0.25) is 0 Å². The molecule has 0 bridgehead atoms. The van der Waals surface area contributed by atoms with Crippen molar-refractivity contribution in [2.45, 2.75) is 19.6 Å². The molecule has 0 amide bonds. The largest absolute Gasteiger partial charge is 0.208 e. The molecule has 7 rings (SSSR count). The summed E-state index contributed by atoms with van der Waals surface area (Å²) in [5.74, 6) is 1.96. The summed E-state index contributed by atoms with van der Waals surface area (Å²) in [4.78, 5) is 20.0. The first-order chi connectivity index (χ1) is 21.3. The van der Waals surface area contributed by atoms with Crippen LogP contribution in [0.2, 0.25) is 0 Å².